The summed E-state index contributed by atoms with van der Waals surface area (Å²) in [7, 11) is 0. The molecule has 2 heterocycles. The van der Waals surface area contributed by atoms with Gasteiger partial charge in [-0.1, -0.05) is 0 Å². The molecule has 0 bridgehead atoms. The minimum Gasteiger partial charge on any atom is -0.397 e. The zero-order valence-corrected chi connectivity index (χ0v) is 9.89. The summed E-state index contributed by atoms with van der Waals surface area (Å²) in [6.45, 7) is 4.18. The van der Waals surface area contributed by atoms with Gasteiger partial charge in [0.15, 0.2) is 0 Å². The molecule has 1 aliphatic heterocycles. The van der Waals surface area contributed by atoms with Gasteiger partial charge in [-0.25, -0.2) is 4.98 Å². The fraction of sp³-hybridized carbons (Fsp3) is 0.545. The minimum atomic E-state index is 0.781. The van der Waals surface area contributed by atoms with Gasteiger partial charge >= 0.3 is 0 Å². The number of thioether (sulfide) groups is 1. The summed E-state index contributed by atoms with van der Waals surface area (Å²) in [5.74, 6) is 3.54. The van der Waals surface area contributed by atoms with Crippen LogP contribution in [0, 0.1) is 6.92 Å². The van der Waals surface area contributed by atoms with E-state index in [0.29, 0.717) is 0 Å². The Kier molecular flexibility index (Phi) is 3.36. The highest BCUT2D eigenvalue weighted by Crippen LogP contribution is 2.19. The van der Waals surface area contributed by atoms with E-state index in [1.165, 1.54) is 17.9 Å². The number of rotatable bonds is 1. The van der Waals surface area contributed by atoms with Crippen molar-refractivity contribution >= 4 is 23.3 Å². The van der Waals surface area contributed by atoms with Crippen LogP contribution < -0.4 is 10.6 Å². The van der Waals surface area contributed by atoms with E-state index >= 15 is 0 Å². The van der Waals surface area contributed by atoms with Crippen molar-refractivity contribution in [2.45, 2.75) is 13.3 Å². The lowest BCUT2D eigenvalue weighted by Crippen LogP contribution is -2.26. The van der Waals surface area contributed by atoms with Gasteiger partial charge < -0.3 is 10.6 Å². The Bertz CT molecular complexity index is 333. The standard InChI is InChI=1S/C11H17N3S/c1-9-10(12)3-4-11(13-9)14-5-2-7-15-8-6-14/h3-4H,2,5-8,12H2,1H3. The van der Waals surface area contributed by atoms with Gasteiger partial charge in [0.05, 0.1) is 11.4 Å². The number of hydrogen-bond acceptors (Lipinski definition) is 4. The third kappa shape index (κ3) is 2.56. The van der Waals surface area contributed by atoms with Gasteiger partial charge in [-0.3, -0.25) is 0 Å². The third-order valence-corrected chi connectivity index (χ3v) is 3.71. The molecule has 2 rings (SSSR count). The maximum Gasteiger partial charge on any atom is 0.128 e. The predicted octanol–water partition coefficient (Wildman–Crippen LogP) is 1.92. The number of aryl methyl sites for hydroxylation is 1. The number of anilines is 2. The molecule has 0 atom stereocenters. The lowest BCUT2D eigenvalue weighted by atomic mass is 10.3. The van der Waals surface area contributed by atoms with Crippen LogP contribution in [0.25, 0.3) is 0 Å². The quantitative estimate of drug-likeness (QED) is 0.790. The first-order valence-corrected chi connectivity index (χ1v) is 6.48. The second-order valence-corrected chi connectivity index (χ2v) is 5.02. The second kappa shape index (κ2) is 4.75. The maximum absolute atomic E-state index is 5.76. The summed E-state index contributed by atoms with van der Waals surface area (Å²) >= 11 is 2.03. The molecule has 82 valence electrons. The third-order valence-electron chi connectivity index (χ3n) is 2.66. The van der Waals surface area contributed by atoms with E-state index < -0.39 is 0 Å². The number of hydrogen-bond donors (Lipinski definition) is 1. The SMILES string of the molecule is Cc1nc(N2CCCSCC2)ccc1N. The van der Waals surface area contributed by atoms with Crippen molar-refractivity contribution in [1.82, 2.24) is 4.98 Å². The molecule has 0 spiro atoms. The van der Waals surface area contributed by atoms with Gasteiger partial charge in [0.2, 0.25) is 0 Å². The Morgan fingerprint density at radius 3 is 3.00 bits per heavy atom. The van der Waals surface area contributed by atoms with Crippen molar-refractivity contribution in [2.24, 2.45) is 0 Å². The molecule has 1 aromatic heterocycles. The molecule has 0 aromatic carbocycles. The van der Waals surface area contributed by atoms with Crippen molar-refractivity contribution < 1.29 is 0 Å². The van der Waals surface area contributed by atoms with Crippen LogP contribution in [0.3, 0.4) is 0 Å². The number of pyridine rings is 1. The summed E-state index contributed by atoms with van der Waals surface area (Å²) in [4.78, 5) is 6.88. The van der Waals surface area contributed by atoms with Crippen molar-refractivity contribution in [1.29, 1.82) is 0 Å². The van der Waals surface area contributed by atoms with Crippen LogP contribution in [0.4, 0.5) is 11.5 Å². The van der Waals surface area contributed by atoms with Gasteiger partial charge in [0.1, 0.15) is 5.82 Å². The summed E-state index contributed by atoms with van der Waals surface area (Å²) in [5, 5.41) is 0. The summed E-state index contributed by atoms with van der Waals surface area (Å²) in [6, 6.07) is 3.98. The maximum atomic E-state index is 5.76. The van der Waals surface area contributed by atoms with Crippen molar-refractivity contribution in [3.05, 3.63) is 17.8 Å². The molecule has 15 heavy (non-hydrogen) atoms. The second-order valence-electron chi connectivity index (χ2n) is 3.80. The highest BCUT2D eigenvalue weighted by atomic mass is 32.2. The molecule has 0 saturated carbocycles. The van der Waals surface area contributed by atoms with E-state index in [1.807, 2.05) is 30.8 Å². The predicted molar refractivity (Wildman–Crippen MR) is 67.5 cm³/mol. The van der Waals surface area contributed by atoms with Crippen LogP contribution in [-0.2, 0) is 0 Å². The fourth-order valence-corrected chi connectivity index (χ4v) is 2.60. The molecular weight excluding hydrogens is 206 g/mol. The van der Waals surface area contributed by atoms with Gasteiger partial charge in [-0.15, -0.1) is 0 Å². The van der Waals surface area contributed by atoms with E-state index in [2.05, 4.69) is 9.88 Å². The number of aromatic nitrogens is 1. The molecule has 1 aromatic rings. The Morgan fingerprint density at radius 1 is 1.33 bits per heavy atom. The van der Waals surface area contributed by atoms with Gasteiger partial charge in [-0.2, -0.15) is 11.8 Å². The molecule has 1 aliphatic rings. The number of nitrogens with two attached hydrogens (primary N) is 1. The zero-order chi connectivity index (χ0) is 10.7. The molecule has 3 nitrogen and oxygen atoms in total. The molecule has 0 unspecified atom stereocenters. The van der Waals surface area contributed by atoms with Crippen molar-refractivity contribution in [3.8, 4) is 0 Å². The Balaban J connectivity index is 2.16. The Hall–Kier alpha value is -0.900. The van der Waals surface area contributed by atoms with Crippen LogP contribution in [0.1, 0.15) is 12.1 Å². The first-order chi connectivity index (χ1) is 7.27. The van der Waals surface area contributed by atoms with Crippen LogP contribution in [0.2, 0.25) is 0 Å². The van der Waals surface area contributed by atoms with Crippen LogP contribution in [0.15, 0.2) is 12.1 Å². The van der Waals surface area contributed by atoms with E-state index in [-0.39, 0.29) is 0 Å². The monoisotopic (exact) mass is 223 g/mol. The first-order valence-electron chi connectivity index (χ1n) is 5.33. The highest BCUT2D eigenvalue weighted by molar-refractivity contribution is 7.99. The van der Waals surface area contributed by atoms with Gasteiger partial charge in [-0.05, 0) is 31.2 Å². The largest absolute Gasteiger partial charge is 0.397 e. The lowest BCUT2D eigenvalue weighted by molar-refractivity contribution is 0.799. The zero-order valence-electron chi connectivity index (χ0n) is 9.07. The smallest absolute Gasteiger partial charge is 0.128 e. The molecule has 2 N–H and O–H groups in total. The van der Waals surface area contributed by atoms with Crippen molar-refractivity contribution in [3.63, 3.8) is 0 Å². The average Bonchev–Trinajstić information content (AvgIpc) is 2.50. The molecule has 1 saturated heterocycles. The molecule has 0 amide bonds. The normalized spacial score (nSPS) is 17.5. The van der Waals surface area contributed by atoms with E-state index in [0.717, 1.165) is 30.3 Å². The Morgan fingerprint density at radius 2 is 2.20 bits per heavy atom. The van der Waals surface area contributed by atoms with Crippen LogP contribution in [-0.4, -0.2) is 29.6 Å². The van der Waals surface area contributed by atoms with Gasteiger partial charge in [0.25, 0.3) is 0 Å². The van der Waals surface area contributed by atoms with Crippen molar-refractivity contribution in [2.75, 3.05) is 35.2 Å². The molecule has 4 heteroatoms. The molecule has 1 fully saturated rings. The van der Waals surface area contributed by atoms with Crippen LogP contribution >= 0.6 is 11.8 Å². The lowest BCUT2D eigenvalue weighted by Gasteiger charge is -2.21. The van der Waals surface area contributed by atoms with Crippen LogP contribution in [0.5, 0.6) is 0 Å². The van der Waals surface area contributed by atoms with E-state index in [1.54, 1.807) is 0 Å². The number of nitrogen functional groups attached to an aromatic ring is 1. The number of nitrogens with zero attached hydrogens (tertiary/aromatic N) is 2. The molecule has 0 aliphatic carbocycles. The summed E-state index contributed by atoms with van der Waals surface area (Å²) in [6.07, 6.45) is 1.25. The van der Waals surface area contributed by atoms with Gasteiger partial charge in [0, 0.05) is 18.8 Å². The average molecular weight is 223 g/mol. The molecule has 0 radical (unpaired) electrons. The van der Waals surface area contributed by atoms with E-state index in [9.17, 15) is 0 Å². The summed E-state index contributed by atoms with van der Waals surface area (Å²) < 4.78 is 0. The highest BCUT2D eigenvalue weighted by Gasteiger charge is 2.11. The Labute approximate surface area is 95.1 Å². The summed E-state index contributed by atoms with van der Waals surface area (Å²) in [5.41, 5.74) is 7.48. The fourth-order valence-electron chi connectivity index (χ4n) is 1.71. The van der Waals surface area contributed by atoms with E-state index in [4.69, 9.17) is 5.73 Å². The molecular formula is C11H17N3S. The minimum absolute atomic E-state index is 0.781. The topological polar surface area (TPSA) is 42.2 Å². The first kappa shape index (κ1) is 10.6.